The summed E-state index contributed by atoms with van der Waals surface area (Å²) in [5.41, 5.74) is 1.53. The zero-order valence-electron chi connectivity index (χ0n) is 14.1. The number of ketones is 1. The van der Waals surface area contributed by atoms with Gasteiger partial charge >= 0.3 is 0 Å². The molecule has 0 unspecified atom stereocenters. The van der Waals surface area contributed by atoms with Gasteiger partial charge in [0.25, 0.3) is 5.91 Å². The van der Waals surface area contributed by atoms with Crippen LogP contribution in [-0.2, 0) is 0 Å². The predicted molar refractivity (Wildman–Crippen MR) is 93.0 cm³/mol. The van der Waals surface area contributed by atoms with E-state index < -0.39 is 0 Å². The lowest BCUT2D eigenvalue weighted by Crippen LogP contribution is -2.13. The first-order valence-electron chi connectivity index (χ1n) is 7.98. The molecule has 0 aromatic heterocycles. The fourth-order valence-electron chi connectivity index (χ4n) is 2.52. The minimum Gasteiger partial charge on any atom is -0.496 e. The summed E-state index contributed by atoms with van der Waals surface area (Å²) in [7, 11) is 1.50. The smallest absolute Gasteiger partial charge is 0.259 e. The van der Waals surface area contributed by atoms with Crippen molar-refractivity contribution in [2.75, 3.05) is 25.6 Å². The Morgan fingerprint density at radius 1 is 1.04 bits per heavy atom. The summed E-state index contributed by atoms with van der Waals surface area (Å²) < 4.78 is 16.6. The van der Waals surface area contributed by atoms with Crippen molar-refractivity contribution in [2.45, 2.75) is 13.3 Å². The normalized spacial score (nSPS) is 12.9. The molecule has 6 nitrogen and oxygen atoms in total. The van der Waals surface area contributed by atoms with Gasteiger partial charge in [0.05, 0.1) is 25.9 Å². The van der Waals surface area contributed by atoms with Crippen molar-refractivity contribution >= 4 is 17.4 Å². The average Bonchev–Trinajstić information content (AvgIpc) is 2.85. The van der Waals surface area contributed by atoms with Gasteiger partial charge in [-0.25, -0.2) is 0 Å². The fourth-order valence-corrected chi connectivity index (χ4v) is 2.52. The van der Waals surface area contributed by atoms with E-state index in [0.29, 0.717) is 47.3 Å². The van der Waals surface area contributed by atoms with Gasteiger partial charge in [0, 0.05) is 29.8 Å². The van der Waals surface area contributed by atoms with E-state index in [1.165, 1.54) is 14.0 Å². The number of carbonyl (C=O) groups excluding carboxylic acids is 2. The number of ether oxygens (including phenoxy) is 3. The zero-order valence-corrected chi connectivity index (χ0v) is 14.1. The summed E-state index contributed by atoms with van der Waals surface area (Å²) in [6.45, 7) is 2.59. The number of rotatable bonds is 4. The Hall–Kier alpha value is -3.02. The third-order valence-electron chi connectivity index (χ3n) is 3.86. The maximum absolute atomic E-state index is 12.6. The molecule has 1 aliphatic heterocycles. The summed E-state index contributed by atoms with van der Waals surface area (Å²) >= 11 is 0. The van der Waals surface area contributed by atoms with Crippen LogP contribution in [0, 0.1) is 0 Å². The van der Waals surface area contributed by atoms with Crippen LogP contribution in [0.4, 0.5) is 5.69 Å². The minimum absolute atomic E-state index is 0.0255. The van der Waals surface area contributed by atoms with Gasteiger partial charge < -0.3 is 19.5 Å². The van der Waals surface area contributed by atoms with Crippen LogP contribution in [-0.4, -0.2) is 32.0 Å². The molecule has 0 saturated heterocycles. The third kappa shape index (κ3) is 3.74. The van der Waals surface area contributed by atoms with E-state index in [-0.39, 0.29) is 11.7 Å². The van der Waals surface area contributed by atoms with Crippen LogP contribution in [0.1, 0.15) is 34.1 Å². The van der Waals surface area contributed by atoms with E-state index in [4.69, 9.17) is 14.2 Å². The van der Waals surface area contributed by atoms with Crippen molar-refractivity contribution in [2.24, 2.45) is 0 Å². The maximum atomic E-state index is 12.6. The SMILES string of the molecule is COc1cc2c(cc1C(=O)Nc1ccc(C(C)=O)cc1)OCCCO2. The monoisotopic (exact) mass is 341 g/mol. The van der Waals surface area contributed by atoms with Crippen LogP contribution >= 0.6 is 0 Å². The lowest BCUT2D eigenvalue weighted by molar-refractivity contribution is 0.101. The third-order valence-corrected chi connectivity index (χ3v) is 3.86. The maximum Gasteiger partial charge on any atom is 0.259 e. The standard InChI is InChI=1S/C19H19NO5/c1-12(21)13-4-6-14(7-5-13)20-19(22)15-10-17-18(11-16(15)23-2)25-9-3-8-24-17/h4-7,10-11H,3,8-9H2,1-2H3,(H,20,22). The number of Topliss-reactive ketones (excluding diaryl/α,β-unsaturated/α-hetero) is 1. The van der Waals surface area contributed by atoms with Crippen LogP contribution in [0.5, 0.6) is 17.2 Å². The molecule has 0 radical (unpaired) electrons. The van der Waals surface area contributed by atoms with Crippen LogP contribution in [0.25, 0.3) is 0 Å². The van der Waals surface area contributed by atoms with E-state index in [1.54, 1.807) is 36.4 Å². The topological polar surface area (TPSA) is 73.9 Å². The average molecular weight is 341 g/mol. The Morgan fingerprint density at radius 2 is 1.68 bits per heavy atom. The number of methoxy groups -OCH3 is 1. The van der Waals surface area contributed by atoms with Crippen molar-refractivity contribution in [3.63, 3.8) is 0 Å². The molecule has 0 atom stereocenters. The number of nitrogens with one attached hydrogen (secondary N) is 1. The van der Waals surface area contributed by atoms with Gasteiger partial charge in [-0.3, -0.25) is 9.59 Å². The summed E-state index contributed by atoms with van der Waals surface area (Å²) in [4.78, 5) is 23.9. The van der Waals surface area contributed by atoms with Gasteiger partial charge in [0.1, 0.15) is 5.75 Å². The highest BCUT2D eigenvalue weighted by atomic mass is 16.5. The second kappa shape index (κ2) is 7.25. The summed E-state index contributed by atoms with van der Waals surface area (Å²) in [6, 6.07) is 9.99. The Balaban J connectivity index is 1.85. The van der Waals surface area contributed by atoms with E-state index in [2.05, 4.69) is 5.32 Å². The van der Waals surface area contributed by atoms with Crippen molar-refractivity contribution in [1.82, 2.24) is 0 Å². The van der Waals surface area contributed by atoms with Crippen LogP contribution in [0.2, 0.25) is 0 Å². The molecule has 25 heavy (non-hydrogen) atoms. The van der Waals surface area contributed by atoms with Gasteiger partial charge in [-0.2, -0.15) is 0 Å². The fraction of sp³-hybridized carbons (Fsp3) is 0.263. The van der Waals surface area contributed by atoms with Crippen LogP contribution in [0.3, 0.4) is 0 Å². The number of amides is 1. The number of fused-ring (bicyclic) bond motifs is 1. The minimum atomic E-state index is -0.330. The number of anilines is 1. The van der Waals surface area contributed by atoms with Crippen molar-refractivity contribution in [3.05, 3.63) is 47.5 Å². The second-order valence-electron chi connectivity index (χ2n) is 5.64. The predicted octanol–water partition coefficient (Wildman–Crippen LogP) is 3.31. The van der Waals surface area contributed by atoms with Gasteiger partial charge in [0.2, 0.25) is 0 Å². The quantitative estimate of drug-likeness (QED) is 0.864. The lowest BCUT2D eigenvalue weighted by atomic mass is 10.1. The molecular formula is C19H19NO5. The van der Waals surface area contributed by atoms with E-state index in [0.717, 1.165) is 6.42 Å². The molecule has 1 amide bonds. The Kier molecular flexibility index (Phi) is 4.88. The number of hydrogen-bond donors (Lipinski definition) is 1. The Labute approximate surface area is 145 Å². The molecule has 2 aromatic rings. The van der Waals surface area contributed by atoms with Gasteiger partial charge in [0.15, 0.2) is 17.3 Å². The Morgan fingerprint density at radius 3 is 2.28 bits per heavy atom. The molecule has 6 heteroatoms. The van der Waals surface area contributed by atoms with E-state index >= 15 is 0 Å². The molecule has 0 fully saturated rings. The highest BCUT2D eigenvalue weighted by Gasteiger charge is 2.20. The van der Waals surface area contributed by atoms with Crippen LogP contribution in [0.15, 0.2) is 36.4 Å². The molecule has 1 heterocycles. The lowest BCUT2D eigenvalue weighted by Gasteiger charge is -2.14. The molecule has 1 aliphatic rings. The van der Waals surface area contributed by atoms with Crippen LogP contribution < -0.4 is 19.5 Å². The van der Waals surface area contributed by atoms with E-state index in [9.17, 15) is 9.59 Å². The first kappa shape index (κ1) is 16.8. The second-order valence-corrected chi connectivity index (χ2v) is 5.64. The molecular weight excluding hydrogens is 322 g/mol. The first-order valence-corrected chi connectivity index (χ1v) is 7.98. The molecule has 0 bridgehead atoms. The highest BCUT2D eigenvalue weighted by molar-refractivity contribution is 6.07. The van der Waals surface area contributed by atoms with Gasteiger partial charge in [-0.15, -0.1) is 0 Å². The van der Waals surface area contributed by atoms with Crippen molar-refractivity contribution in [3.8, 4) is 17.2 Å². The van der Waals surface area contributed by atoms with Gasteiger partial charge in [-0.1, -0.05) is 0 Å². The molecule has 0 spiro atoms. The molecule has 1 N–H and O–H groups in total. The molecule has 0 saturated carbocycles. The molecule has 0 aliphatic carbocycles. The largest absolute Gasteiger partial charge is 0.496 e. The molecule has 3 rings (SSSR count). The number of benzene rings is 2. The first-order chi connectivity index (χ1) is 12.1. The number of hydrogen-bond acceptors (Lipinski definition) is 5. The Bertz CT molecular complexity index is 798. The summed E-state index contributed by atoms with van der Waals surface area (Å²) in [5, 5.41) is 2.79. The zero-order chi connectivity index (χ0) is 17.8. The van der Waals surface area contributed by atoms with Gasteiger partial charge in [-0.05, 0) is 31.2 Å². The molecule has 130 valence electrons. The summed E-state index contributed by atoms with van der Waals surface area (Å²) in [6.07, 6.45) is 0.779. The van der Waals surface area contributed by atoms with Crippen molar-refractivity contribution < 1.29 is 23.8 Å². The highest BCUT2D eigenvalue weighted by Crippen LogP contribution is 2.36. The molecule has 2 aromatic carbocycles. The van der Waals surface area contributed by atoms with Crippen molar-refractivity contribution in [1.29, 1.82) is 0 Å². The number of carbonyl (C=O) groups is 2. The summed E-state index contributed by atoms with van der Waals surface area (Å²) in [5.74, 6) is 1.14. The van der Waals surface area contributed by atoms with E-state index in [1.807, 2.05) is 0 Å².